The number of carbonyl (C=O) groups excluding carboxylic acids is 1. The second kappa shape index (κ2) is 5.69. The monoisotopic (exact) mass is 215 g/mol. The zero-order valence-electron chi connectivity index (χ0n) is 7.85. The Labute approximate surface area is 79.4 Å². The van der Waals surface area contributed by atoms with Crippen molar-refractivity contribution in [3.8, 4) is 0 Å². The number of nitrogens with one attached hydrogen (secondary N) is 1. The molecular formula is C7H12F3NO3. The van der Waals surface area contributed by atoms with Crippen molar-refractivity contribution in [3.05, 3.63) is 0 Å². The third kappa shape index (κ3) is 7.66. The highest BCUT2D eigenvalue weighted by atomic mass is 19.4. The Balaban J connectivity index is 3.65. The molecule has 0 saturated heterocycles. The predicted octanol–water partition coefficient (Wildman–Crippen LogP) is 1.31. The van der Waals surface area contributed by atoms with E-state index in [4.69, 9.17) is 0 Å². The molecule has 0 aromatic carbocycles. The molecule has 84 valence electrons. The number of hydrogen-bond acceptors (Lipinski definition) is 3. The number of amides is 1. The summed E-state index contributed by atoms with van der Waals surface area (Å²) < 4.78 is 43.3. The van der Waals surface area contributed by atoms with Gasteiger partial charge in [0.25, 0.3) is 0 Å². The minimum atomic E-state index is -4.50. The lowest BCUT2D eigenvalue weighted by Gasteiger charge is -2.13. The highest BCUT2D eigenvalue weighted by molar-refractivity contribution is 5.67. The Kier molecular flexibility index (Phi) is 5.29. The second-order valence-electron chi connectivity index (χ2n) is 2.69. The fourth-order valence-corrected chi connectivity index (χ4v) is 0.682. The van der Waals surface area contributed by atoms with Crippen LogP contribution in [0.4, 0.5) is 18.0 Å². The maximum atomic E-state index is 11.6. The first-order valence-corrected chi connectivity index (χ1v) is 3.84. The number of ether oxygens (including phenoxy) is 2. The summed E-state index contributed by atoms with van der Waals surface area (Å²) >= 11 is 0. The lowest BCUT2D eigenvalue weighted by molar-refractivity contribution is -0.160. The van der Waals surface area contributed by atoms with E-state index < -0.39 is 18.9 Å². The largest absolute Gasteiger partial charge is 0.440 e. The minimum Gasteiger partial charge on any atom is -0.440 e. The highest BCUT2D eigenvalue weighted by Gasteiger charge is 2.29. The molecule has 0 spiro atoms. The fourth-order valence-electron chi connectivity index (χ4n) is 0.682. The van der Waals surface area contributed by atoms with Gasteiger partial charge in [0.2, 0.25) is 0 Å². The Hall–Kier alpha value is -0.980. The van der Waals surface area contributed by atoms with Crippen molar-refractivity contribution in [1.29, 1.82) is 0 Å². The van der Waals surface area contributed by atoms with E-state index in [1.807, 2.05) is 0 Å². The summed E-state index contributed by atoms with van der Waals surface area (Å²) in [6.07, 6.45) is -5.60. The average molecular weight is 215 g/mol. The van der Waals surface area contributed by atoms with Gasteiger partial charge in [0.15, 0.2) is 6.61 Å². The van der Waals surface area contributed by atoms with Gasteiger partial charge in [-0.15, -0.1) is 0 Å². The molecule has 1 amide bonds. The third-order valence-electron chi connectivity index (χ3n) is 1.15. The van der Waals surface area contributed by atoms with Gasteiger partial charge in [0, 0.05) is 7.11 Å². The Morgan fingerprint density at radius 1 is 1.50 bits per heavy atom. The minimum absolute atomic E-state index is 0.209. The van der Waals surface area contributed by atoms with Crippen LogP contribution in [0, 0.1) is 0 Å². The van der Waals surface area contributed by atoms with E-state index in [2.05, 4.69) is 14.8 Å². The first-order valence-electron chi connectivity index (χ1n) is 3.84. The molecule has 14 heavy (non-hydrogen) atoms. The van der Waals surface area contributed by atoms with Crippen LogP contribution in [0.15, 0.2) is 0 Å². The summed E-state index contributed by atoms with van der Waals surface area (Å²) in [5.41, 5.74) is 0. The molecule has 0 rings (SSSR count). The van der Waals surface area contributed by atoms with Gasteiger partial charge in [0.05, 0.1) is 12.6 Å². The van der Waals surface area contributed by atoms with Crippen molar-refractivity contribution in [2.45, 2.75) is 19.1 Å². The van der Waals surface area contributed by atoms with Crippen molar-refractivity contribution < 1.29 is 27.4 Å². The molecule has 0 aliphatic heterocycles. The summed E-state index contributed by atoms with van der Waals surface area (Å²) in [5, 5.41) is 2.17. The standard InChI is InChI=1S/C7H12F3NO3/c1-5(3-13-2)11-6(12)14-4-7(8,9)10/h5H,3-4H2,1-2H3,(H,11,12)/t5-/m0/s1. The summed E-state index contributed by atoms with van der Waals surface area (Å²) in [6.45, 7) is 0.206. The van der Waals surface area contributed by atoms with Crippen molar-refractivity contribution in [1.82, 2.24) is 5.32 Å². The molecule has 0 fully saturated rings. The van der Waals surface area contributed by atoms with Crippen LogP contribution >= 0.6 is 0 Å². The van der Waals surface area contributed by atoms with E-state index in [1.165, 1.54) is 7.11 Å². The molecule has 0 bridgehead atoms. The molecule has 0 aromatic rings. The van der Waals surface area contributed by atoms with E-state index >= 15 is 0 Å². The Morgan fingerprint density at radius 3 is 2.50 bits per heavy atom. The number of methoxy groups -OCH3 is 1. The summed E-state index contributed by atoms with van der Waals surface area (Å²) in [4.78, 5) is 10.7. The molecule has 0 unspecified atom stereocenters. The molecule has 0 radical (unpaired) electrons. The Bertz CT molecular complexity index is 184. The molecule has 0 aliphatic rings. The SMILES string of the molecule is COC[C@H](C)NC(=O)OCC(F)(F)F. The summed E-state index contributed by atoms with van der Waals surface area (Å²) in [5.74, 6) is 0. The number of hydrogen-bond donors (Lipinski definition) is 1. The van der Waals surface area contributed by atoms with Gasteiger partial charge in [-0.25, -0.2) is 4.79 Å². The number of rotatable bonds is 4. The lowest BCUT2D eigenvalue weighted by Crippen LogP contribution is -2.37. The molecule has 1 atom stereocenters. The van der Waals surface area contributed by atoms with Crippen LogP contribution in [0.25, 0.3) is 0 Å². The molecule has 0 saturated carbocycles. The fraction of sp³-hybridized carbons (Fsp3) is 0.857. The highest BCUT2D eigenvalue weighted by Crippen LogP contribution is 2.14. The van der Waals surface area contributed by atoms with Crippen molar-refractivity contribution in [3.63, 3.8) is 0 Å². The van der Waals surface area contributed by atoms with Crippen molar-refractivity contribution in [2.24, 2.45) is 0 Å². The molecular weight excluding hydrogens is 203 g/mol. The van der Waals surface area contributed by atoms with E-state index in [0.29, 0.717) is 0 Å². The number of alkyl carbamates (subject to hydrolysis) is 1. The van der Waals surface area contributed by atoms with Gasteiger partial charge >= 0.3 is 12.3 Å². The van der Waals surface area contributed by atoms with Crippen LogP contribution in [-0.2, 0) is 9.47 Å². The van der Waals surface area contributed by atoms with Crippen LogP contribution in [0.1, 0.15) is 6.92 Å². The van der Waals surface area contributed by atoms with Gasteiger partial charge < -0.3 is 14.8 Å². The first kappa shape index (κ1) is 13.0. The molecule has 1 N–H and O–H groups in total. The van der Waals surface area contributed by atoms with Gasteiger partial charge in [0.1, 0.15) is 0 Å². The maximum absolute atomic E-state index is 11.6. The quantitative estimate of drug-likeness (QED) is 0.769. The molecule has 0 heterocycles. The zero-order chi connectivity index (χ0) is 11.2. The topological polar surface area (TPSA) is 47.6 Å². The average Bonchev–Trinajstić information content (AvgIpc) is 2.00. The van der Waals surface area contributed by atoms with E-state index in [1.54, 1.807) is 6.92 Å². The summed E-state index contributed by atoms with van der Waals surface area (Å²) in [7, 11) is 1.42. The smallest absolute Gasteiger partial charge is 0.422 e. The number of carbonyl (C=O) groups is 1. The van der Waals surface area contributed by atoms with Crippen LogP contribution < -0.4 is 5.32 Å². The lowest BCUT2D eigenvalue weighted by atomic mass is 10.4. The maximum Gasteiger partial charge on any atom is 0.422 e. The van der Waals surface area contributed by atoms with Gasteiger partial charge in [-0.2, -0.15) is 13.2 Å². The van der Waals surface area contributed by atoms with Gasteiger partial charge in [-0.3, -0.25) is 0 Å². The third-order valence-corrected chi connectivity index (χ3v) is 1.15. The first-order chi connectivity index (χ1) is 6.35. The van der Waals surface area contributed by atoms with Crippen molar-refractivity contribution in [2.75, 3.05) is 20.3 Å². The molecule has 4 nitrogen and oxygen atoms in total. The van der Waals surface area contributed by atoms with Crippen LogP contribution in [0.2, 0.25) is 0 Å². The van der Waals surface area contributed by atoms with Crippen LogP contribution in [0.3, 0.4) is 0 Å². The molecule has 0 aliphatic carbocycles. The zero-order valence-corrected chi connectivity index (χ0v) is 7.85. The number of halogens is 3. The van der Waals surface area contributed by atoms with E-state index in [9.17, 15) is 18.0 Å². The molecule has 0 aromatic heterocycles. The van der Waals surface area contributed by atoms with E-state index in [0.717, 1.165) is 0 Å². The van der Waals surface area contributed by atoms with Crippen LogP contribution in [0.5, 0.6) is 0 Å². The molecule has 7 heteroatoms. The Morgan fingerprint density at radius 2 is 2.07 bits per heavy atom. The van der Waals surface area contributed by atoms with Crippen molar-refractivity contribution >= 4 is 6.09 Å². The normalized spacial score (nSPS) is 13.5. The van der Waals surface area contributed by atoms with Gasteiger partial charge in [-0.05, 0) is 6.92 Å². The van der Waals surface area contributed by atoms with Crippen LogP contribution in [-0.4, -0.2) is 38.6 Å². The van der Waals surface area contributed by atoms with E-state index in [-0.39, 0.29) is 12.6 Å². The van der Waals surface area contributed by atoms with Gasteiger partial charge in [-0.1, -0.05) is 0 Å². The number of alkyl halides is 3. The second-order valence-corrected chi connectivity index (χ2v) is 2.69. The summed E-state index contributed by atoms with van der Waals surface area (Å²) in [6, 6.07) is -0.388. The predicted molar refractivity (Wildman–Crippen MR) is 41.9 cm³/mol.